The molecule has 0 radical (unpaired) electrons. The van der Waals surface area contributed by atoms with Gasteiger partial charge in [-0.15, -0.1) is 0 Å². The fourth-order valence-corrected chi connectivity index (χ4v) is 8.89. The number of aliphatic hydroxyl groups excluding tert-OH is 2. The predicted octanol–water partition coefficient (Wildman–Crippen LogP) is -0.193. The molecule has 0 aliphatic carbocycles. The highest BCUT2D eigenvalue weighted by Gasteiger charge is 2.66. The molecule has 3 aromatic carbocycles. The fraction of sp³-hybridized carbons (Fsp3) is 0.410. The molecule has 288 valence electrons. The first-order valence-corrected chi connectivity index (χ1v) is 17.9. The molecule has 0 bridgehead atoms. The van der Waals surface area contributed by atoms with E-state index in [-0.39, 0.29) is 31.1 Å². The number of carboxylic acid groups (broad SMARTS) is 1. The molecule has 6 aliphatic heterocycles. The highest BCUT2D eigenvalue weighted by atomic mass is 16.7. The number of carbonyl (C=O) groups is 2. The molecule has 6 aliphatic rings. The van der Waals surface area contributed by atoms with Gasteiger partial charge in [0.15, 0.2) is 28.8 Å². The Morgan fingerprint density at radius 2 is 1.89 bits per heavy atom. The van der Waals surface area contributed by atoms with E-state index in [0.29, 0.717) is 35.1 Å². The van der Waals surface area contributed by atoms with Crippen LogP contribution in [0.25, 0.3) is 5.57 Å². The second kappa shape index (κ2) is 12.8. The zero-order valence-electron chi connectivity index (χ0n) is 29.8. The number of fused-ring (bicyclic) bond motifs is 8. The Bertz CT molecular complexity index is 2280. The lowest BCUT2D eigenvalue weighted by molar-refractivity contribution is -0.354. The molecule has 0 aromatic heterocycles. The Morgan fingerprint density at radius 3 is 2.67 bits per heavy atom. The van der Waals surface area contributed by atoms with Crippen LogP contribution in [-0.4, -0.2) is 102 Å². The monoisotopic (exact) mass is 757 g/mol. The van der Waals surface area contributed by atoms with Crippen molar-refractivity contribution >= 4 is 17.5 Å². The number of hydrogen-bond acceptors (Lipinski definition) is 15. The SMILES string of the molecule is COc1ccc2c(c1OC)O[C@H]1c3c(cc4c(c3C3=c5ccccc5=NC3)CC[C@]3(O)[C@H](O4)O[C@@]4(C=CN[C@H](N)[C@H]4OC(=O)CC(=O)O)[C@@H](O)[C@@H]3O)OC[C@@H]21. The van der Waals surface area contributed by atoms with Crippen molar-refractivity contribution < 1.29 is 63.2 Å². The van der Waals surface area contributed by atoms with Gasteiger partial charge in [-0.2, -0.15) is 0 Å². The van der Waals surface area contributed by atoms with Crippen LogP contribution < -0.4 is 45.3 Å². The second-order valence-electron chi connectivity index (χ2n) is 14.4. The Morgan fingerprint density at radius 1 is 1.07 bits per heavy atom. The molecule has 6 heterocycles. The van der Waals surface area contributed by atoms with E-state index in [1.807, 2.05) is 36.4 Å². The first-order valence-electron chi connectivity index (χ1n) is 17.9. The van der Waals surface area contributed by atoms with E-state index < -0.39 is 66.4 Å². The fourth-order valence-electron chi connectivity index (χ4n) is 8.89. The van der Waals surface area contributed by atoms with Crippen LogP contribution in [0, 0.1) is 0 Å². The van der Waals surface area contributed by atoms with Gasteiger partial charge in [-0.05, 0) is 48.4 Å². The van der Waals surface area contributed by atoms with E-state index in [2.05, 4.69) is 5.32 Å². The van der Waals surface area contributed by atoms with Crippen LogP contribution >= 0.6 is 0 Å². The lowest BCUT2D eigenvalue weighted by atomic mass is 9.73. The molecule has 1 spiro atoms. The molecule has 16 nitrogen and oxygen atoms in total. The van der Waals surface area contributed by atoms with Gasteiger partial charge in [0, 0.05) is 28.0 Å². The topological polar surface area (TPSA) is 230 Å². The molecule has 0 amide bonds. The van der Waals surface area contributed by atoms with Crippen molar-refractivity contribution in [2.45, 2.75) is 73.3 Å². The van der Waals surface area contributed by atoms with Gasteiger partial charge in [-0.1, -0.05) is 24.3 Å². The Hall–Kier alpha value is -5.39. The predicted molar refractivity (Wildman–Crippen MR) is 188 cm³/mol. The molecule has 1 fully saturated rings. The number of hydrogen-bond donors (Lipinski definition) is 6. The zero-order chi connectivity index (χ0) is 38.4. The number of aliphatic hydroxyl groups is 3. The van der Waals surface area contributed by atoms with Crippen LogP contribution in [0.15, 0.2) is 59.7 Å². The molecule has 0 saturated carbocycles. The summed E-state index contributed by atoms with van der Waals surface area (Å²) >= 11 is 0. The van der Waals surface area contributed by atoms with E-state index in [4.69, 9.17) is 43.9 Å². The quantitative estimate of drug-likeness (QED) is 0.141. The zero-order valence-corrected chi connectivity index (χ0v) is 29.8. The maximum absolute atomic E-state index is 12.6. The lowest BCUT2D eigenvalue weighted by Crippen LogP contribution is -2.77. The summed E-state index contributed by atoms with van der Waals surface area (Å²) in [7, 11) is 3.12. The van der Waals surface area contributed by atoms with Crippen molar-refractivity contribution in [3.05, 3.63) is 87.6 Å². The normalized spacial score (nSPS) is 32.0. The van der Waals surface area contributed by atoms with Gasteiger partial charge in [0.25, 0.3) is 0 Å². The lowest BCUT2D eigenvalue weighted by Gasteiger charge is -2.55. The summed E-state index contributed by atoms with van der Waals surface area (Å²) in [6.45, 7) is 0.586. The summed E-state index contributed by atoms with van der Waals surface area (Å²) in [6, 6.07) is 13.3. The van der Waals surface area contributed by atoms with Crippen molar-refractivity contribution in [2.75, 3.05) is 27.4 Å². The molecule has 7 N–H and O–H groups in total. The van der Waals surface area contributed by atoms with E-state index >= 15 is 0 Å². The number of ether oxygens (including phenoxy) is 7. The third-order valence-corrected chi connectivity index (χ3v) is 11.5. The number of carbonyl (C=O) groups excluding carboxylic acids is 1. The third-order valence-electron chi connectivity index (χ3n) is 11.5. The molecule has 9 atom stereocenters. The van der Waals surface area contributed by atoms with Crippen molar-refractivity contribution in [1.29, 1.82) is 0 Å². The summed E-state index contributed by atoms with van der Waals surface area (Å²) in [5, 5.41) is 49.5. The third kappa shape index (κ3) is 5.19. The smallest absolute Gasteiger partial charge is 0.317 e. The van der Waals surface area contributed by atoms with Crippen LogP contribution in [-0.2, 0) is 25.5 Å². The van der Waals surface area contributed by atoms with Gasteiger partial charge in [0.05, 0.1) is 38.6 Å². The van der Waals surface area contributed by atoms with E-state index in [9.17, 15) is 30.0 Å². The number of nitrogens with one attached hydrogen (secondary N) is 1. The Labute approximate surface area is 313 Å². The number of nitrogens with two attached hydrogens (primary N) is 1. The summed E-state index contributed by atoms with van der Waals surface area (Å²) < 4.78 is 43.1. The van der Waals surface area contributed by atoms with E-state index in [1.165, 1.54) is 12.3 Å². The van der Waals surface area contributed by atoms with Gasteiger partial charge < -0.3 is 64.6 Å². The maximum Gasteiger partial charge on any atom is 0.317 e. The standard InChI is InChI=1S/C39H39N3O13/c1-49-23-8-7-18-21-16-51-25-13-24-19(28(20-15-42-22-6-4-3-5-17(20)22)29(25)30(21)54-31(18)32(23)50-2)9-10-38(48)33(46)34(47)39(55-37(38)52-24)11-12-41-36(40)35(39)53-27(45)14-26(43)44/h3-8,11-13,21,30,33-37,41,46-48H,9-10,14-16,40H2,1-2H3,(H,43,44)/t21-,30+,33-,34-,35+,36-,37+,38+,39-/m0/s1. The largest absolute Gasteiger partial charge is 0.493 e. The van der Waals surface area contributed by atoms with Gasteiger partial charge in [0.1, 0.15) is 42.4 Å². The highest BCUT2D eigenvalue weighted by Crippen LogP contribution is 2.59. The number of nitrogens with zero attached hydrogens (tertiary/aromatic N) is 1. The maximum atomic E-state index is 12.6. The molecule has 55 heavy (non-hydrogen) atoms. The Balaban J connectivity index is 1.19. The van der Waals surface area contributed by atoms with Crippen molar-refractivity contribution in [3.63, 3.8) is 0 Å². The van der Waals surface area contributed by atoms with Crippen LogP contribution in [0.5, 0.6) is 28.7 Å². The molecule has 9 rings (SSSR count). The highest BCUT2D eigenvalue weighted by molar-refractivity contribution is 5.90. The van der Waals surface area contributed by atoms with Gasteiger partial charge in [-0.3, -0.25) is 14.6 Å². The first-order chi connectivity index (χ1) is 26.5. The molecule has 1 saturated heterocycles. The Kier molecular flexibility index (Phi) is 8.25. The van der Waals surface area contributed by atoms with Crippen LogP contribution in [0.1, 0.15) is 47.1 Å². The minimum atomic E-state index is -2.20. The second-order valence-corrected chi connectivity index (χ2v) is 14.4. The van der Waals surface area contributed by atoms with Crippen molar-refractivity contribution in [1.82, 2.24) is 5.32 Å². The van der Waals surface area contributed by atoms with Crippen LogP contribution in [0.2, 0.25) is 0 Å². The molecular formula is C39H39N3O13. The molecule has 3 aromatic rings. The minimum absolute atomic E-state index is 0.143. The number of methoxy groups -OCH3 is 2. The van der Waals surface area contributed by atoms with Crippen LogP contribution in [0.3, 0.4) is 0 Å². The average molecular weight is 758 g/mol. The molecule has 16 heteroatoms. The van der Waals surface area contributed by atoms with Gasteiger partial charge >= 0.3 is 11.9 Å². The number of aliphatic carboxylic acids is 1. The first kappa shape index (κ1) is 35.3. The molecule has 0 unspecified atom stereocenters. The number of para-hydroxylation sites is 1. The van der Waals surface area contributed by atoms with E-state index in [0.717, 1.165) is 32.8 Å². The molecular weight excluding hydrogens is 718 g/mol. The van der Waals surface area contributed by atoms with Gasteiger partial charge in [0.2, 0.25) is 12.0 Å². The number of rotatable bonds is 6. The summed E-state index contributed by atoms with van der Waals surface area (Å²) in [4.78, 5) is 28.7. The van der Waals surface area contributed by atoms with Crippen molar-refractivity contribution in [2.24, 2.45) is 10.7 Å². The summed E-state index contributed by atoms with van der Waals surface area (Å²) in [6.07, 6.45) is -7.07. The number of esters is 1. The number of benzene rings is 3. The summed E-state index contributed by atoms with van der Waals surface area (Å²) in [5.41, 5.74) is 5.97. The van der Waals surface area contributed by atoms with Gasteiger partial charge in [-0.25, -0.2) is 0 Å². The van der Waals surface area contributed by atoms with E-state index in [1.54, 1.807) is 20.3 Å². The average Bonchev–Trinajstić information content (AvgIpc) is 3.73. The van der Waals surface area contributed by atoms with Crippen LogP contribution in [0.4, 0.5) is 0 Å². The minimum Gasteiger partial charge on any atom is -0.493 e. The number of carboxylic acids is 1. The van der Waals surface area contributed by atoms with Crippen molar-refractivity contribution in [3.8, 4) is 28.7 Å². The summed E-state index contributed by atoms with van der Waals surface area (Å²) in [5.74, 6) is -0.532.